The highest BCUT2D eigenvalue weighted by Gasteiger charge is 2.32. The number of carbonyl (C=O) groups is 2. The average Bonchev–Trinajstić information content (AvgIpc) is 2.86. The van der Waals surface area contributed by atoms with Crippen molar-refractivity contribution in [3.8, 4) is 0 Å². The van der Waals surface area contributed by atoms with Crippen molar-refractivity contribution in [2.45, 2.75) is 19.3 Å². The van der Waals surface area contributed by atoms with Crippen molar-refractivity contribution in [3.63, 3.8) is 0 Å². The van der Waals surface area contributed by atoms with Crippen LogP contribution in [0.15, 0.2) is 84.9 Å². The Balaban J connectivity index is 1.50. The molecule has 4 aromatic carbocycles. The highest BCUT2D eigenvalue weighted by molar-refractivity contribution is 6.17. The number of nitrogens with one attached hydrogen (secondary N) is 1. The molecule has 32 heavy (non-hydrogen) atoms. The van der Waals surface area contributed by atoms with Gasteiger partial charge < -0.3 is 5.32 Å². The van der Waals surface area contributed by atoms with E-state index in [0.717, 1.165) is 47.5 Å². The Morgan fingerprint density at radius 1 is 0.688 bits per heavy atom. The predicted octanol–water partition coefficient (Wildman–Crippen LogP) is 6.06. The molecule has 0 bridgehead atoms. The molecule has 0 spiro atoms. The van der Waals surface area contributed by atoms with Gasteiger partial charge in [0.1, 0.15) is 0 Å². The van der Waals surface area contributed by atoms with E-state index >= 15 is 0 Å². The van der Waals surface area contributed by atoms with Crippen LogP contribution in [0.25, 0.3) is 21.5 Å². The molecular formula is C29H27NO2. The van der Waals surface area contributed by atoms with Crippen molar-refractivity contribution < 1.29 is 9.59 Å². The summed E-state index contributed by atoms with van der Waals surface area (Å²) in [5, 5.41) is 7.62. The number of hydrogen-bond donors (Lipinski definition) is 1. The molecule has 1 heterocycles. The first-order valence-electron chi connectivity index (χ1n) is 11.5. The lowest BCUT2D eigenvalue weighted by Gasteiger charge is -2.26. The molecule has 0 aliphatic carbocycles. The molecule has 0 unspecified atom stereocenters. The van der Waals surface area contributed by atoms with Gasteiger partial charge in [0.05, 0.1) is 5.92 Å². The van der Waals surface area contributed by atoms with Gasteiger partial charge in [-0.3, -0.25) is 9.59 Å². The lowest BCUT2D eigenvalue weighted by atomic mass is 9.80. The SMILES string of the molecule is O=C(c1ccc2ccccc2c1)C(CC1CCNCC1)C(=O)c1ccc2ccccc2c1. The van der Waals surface area contributed by atoms with Gasteiger partial charge in [0.25, 0.3) is 0 Å². The predicted molar refractivity (Wildman–Crippen MR) is 130 cm³/mol. The van der Waals surface area contributed by atoms with E-state index in [9.17, 15) is 9.59 Å². The molecule has 1 aliphatic rings. The maximum absolute atomic E-state index is 13.7. The molecule has 1 saturated heterocycles. The van der Waals surface area contributed by atoms with Crippen molar-refractivity contribution in [2.24, 2.45) is 11.8 Å². The second kappa shape index (κ2) is 9.05. The lowest BCUT2D eigenvalue weighted by Crippen LogP contribution is -2.33. The zero-order chi connectivity index (χ0) is 21.9. The largest absolute Gasteiger partial charge is 0.317 e. The Hall–Kier alpha value is -3.30. The van der Waals surface area contributed by atoms with Crippen LogP contribution in [0.4, 0.5) is 0 Å². The fourth-order valence-corrected chi connectivity index (χ4v) is 4.87. The number of fused-ring (bicyclic) bond motifs is 2. The number of ketones is 2. The number of rotatable bonds is 6. The maximum Gasteiger partial charge on any atom is 0.173 e. The number of benzene rings is 4. The summed E-state index contributed by atoms with van der Waals surface area (Å²) in [5.74, 6) is -0.393. The van der Waals surface area contributed by atoms with E-state index in [2.05, 4.69) is 5.32 Å². The van der Waals surface area contributed by atoms with Gasteiger partial charge >= 0.3 is 0 Å². The number of piperidine rings is 1. The van der Waals surface area contributed by atoms with E-state index in [0.29, 0.717) is 23.5 Å². The summed E-state index contributed by atoms with van der Waals surface area (Å²) in [6.45, 7) is 1.90. The van der Waals surface area contributed by atoms with Gasteiger partial charge in [-0.15, -0.1) is 0 Å². The third-order valence-electron chi connectivity index (χ3n) is 6.73. The monoisotopic (exact) mass is 421 g/mol. The van der Waals surface area contributed by atoms with Crippen molar-refractivity contribution in [1.82, 2.24) is 5.32 Å². The van der Waals surface area contributed by atoms with Crippen LogP contribution in [0.2, 0.25) is 0 Å². The van der Waals surface area contributed by atoms with Crippen LogP contribution in [0.1, 0.15) is 40.0 Å². The Morgan fingerprint density at radius 3 is 1.66 bits per heavy atom. The molecule has 1 N–H and O–H groups in total. The smallest absolute Gasteiger partial charge is 0.173 e. The highest BCUT2D eigenvalue weighted by Crippen LogP contribution is 2.29. The van der Waals surface area contributed by atoms with Crippen molar-refractivity contribution in [2.75, 3.05) is 13.1 Å². The molecule has 3 nitrogen and oxygen atoms in total. The van der Waals surface area contributed by atoms with Gasteiger partial charge in [-0.2, -0.15) is 0 Å². The fourth-order valence-electron chi connectivity index (χ4n) is 4.87. The zero-order valence-electron chi connectivity index (χ0n) is 18.1. The van der Waals surface area contributed by atoms with Crippen LogP contribution >= 0.6 is 0 Å². The topological polar surface area (TPSA) is 46.2 Å². The molecule has 3 heteroatoms. The Kier molecular flexibility index (Phi) is 5.83. The molecule has 1 aliphatic heterocycles. The summed E-state index contributed by atoms with van der Waals surface area (Å²) in [6.07, 6.45) is 2.62. The molecule has 4 aromatic rings. The van der Waals surface area contributed by atoms with Crippen LogP contribution < -0.4 is 5.32 Å². The number of Topliss-reactive ketones (excluding diaryl/α,β-unsaturated/α-hetero) is 2. The Labute approximate surface area is 188 Å². The summed E-state index contributed by atoms with van der Waals surface area (Å²) in [4.78, 5) is 27.4. The van der Waals surface area contributed by atoms with Gasteiger partial charge in [-0.25, -0.2) is 0 Å². The molecule has 160 valence electrons. The third-order valence-corrected chi connectivity index (χ3v) is 6.73. The summed E-state index contributed by atoms with van der Waals surface area (Å²) >= 11 is 0. The standard InChI is InChI=1S/C29H27NO2/c31-28(25-11-9-21-5-1-3-7-23(21)18-25)27(17-20-13-15-30-16-14-20)29(32)26-12-10-22-6-2-4-8-24(22)19-26/h1-12,18-20,27,30H,13-17H2. The van der Waals surface area contributed by atoms with E-state index in [4.69, 9.17) is 0 Å². The molecule has 0 amide bonds. The summed E-state index contributed by atoms with van der Waals surface area (Å²) < 4.78 is 0. The van der Waals surface area contributed by atoms with E-state index < -0.39 is 5.92 Å². The third kappa shape index (κ3) is 4.21. The van der Waals surface area contributed by atoms with Crippen molar-refractivity contribution in [3.05, 3.63) is 96.1 Å². The quantitative estimate of drug-likeness (QED) is 0.304. The van der Waals surface area contributed by atoms with E-state index in [1.165, 1.54) is 0 Å². The van der Waals surface area contributed by atoms with Crippen molar-refractivity contribution in [1.29, 1.82) is 0 Å². The lowest BCUT2D eigenvalue weighted by molar-refractivity contribution is 0.0777. The molecule has 0 aromatic heterocycles. The molecule has 0 saturated carbocycles. The first kappa shape index (κ1) is 20.6. The van der Waals surface area contributed by atoms with Crippen LogP contribution in [0.3, 0.4) is 0 Å². The molecular weight excluding hydrogens is 394 g/mol. The van der Waals surface area contributed by atoms with Crippen LogP contribution in [-0.4, -0.2) is 24.7 Å². The molecule has 0 atom stereocenters. The van der Waals surface area contributed by atoms with E-state index in [-0.39, 0.29) is 11.6 Å². The van der Waals surface area contributed by atoms with Crippen LogP contribution in [0, 0.1) is 11.8 Å². The average molecular weight is 422 g/mol. The minimum absolute atomic E-state index is 0.0626. The summed E-state index contributed by atoms with van der Waals surface area (Å²) in [6, 6.07) is 27.6. The second-order valence-corrected chi connectivity index (χ2v) is 8.83. The first-order valence-corrected chi connectivity index (χ1v) is 11.5. The van der Waals surface area contributed by atoms with Gasteiger partial charge in [-0.05, 0) is 71.9 Å². The Bertz CT molecular complexity index is 1200. The van der Waals surface area contributed by atoms with Crippen LogP contribution in [0.5, 0.6) is 0 Å². The van der Waals surface area contributed by atoms with Crippen LogP contribution in [-0.2, 0) is 0 Å². The Morgan fingerprint density at radius 2 is 1.16 bits per heavy atom. The normalized spacial score (nSPS) is 14.8. The van der Waals surface area contributed by atoms with E-state index in [1.807, 2.05) is 84.9 Å². The zero-order valence-corrected chi connectivity index (χ0v) is 18.1. The molecule has 0 radical (unpaired) electrons. The van der Waals surface area contributed by atoms with Gasteiger partial charge in [0, 0.05) is 11.1 Å². The summed E-state index contributed by atoms with van der Waals surface area (Å²) in [5.41, 5.74) is 1.24. The van der Waals surface area contributed by atoms with Crippen molar-refractivity contribution >= 4 is 33.1 Å². The van der Waals surface area contributed by atoms with Gasteiger partial charge in [-0.1, -0.05) is 72.8 Å². The minimum atomic E-state index is -0.652. The van der Waals surface area contributed by atoms with Gasteiger partial charge in [0.2, 0.25) is 0 Å². The van der Waals surface area contributed by atoms with E-state index in [1.54, 1.807) is 0 Å². The van der Waals surface area contributed by atoms with Gasteiger partial charge in [0.15, 0.2) is 11.6 Å². The highest BCUT2D eigenvalue weighted by atomic mass is 16.2. The number of carbonyl (C=O) groups excluding carboxylic acids is 2. The minimum Gasteiger partial charge on any atom is -0.317 e. The second-order valence-electron chi connectivity index (χ2n) is 8.83. The summed E-state index contributed by atoms with van der Waals surface area (Å²) in [7, 11) is 0. The first-order chi connectivity index (χ1) is 15.7. The molecule has 1 fully saturated rings. The molecule has 5 rings (SSSR count). The maximum atomic E-state index is 13.7. The number of hydrogen-bond acceptors (Lipinski definition) is 3. The fraction of sp³-hybridized carbons (Fsp3) is 0.241.